The van der Waals surface area contributed by atoms with Crippen LogP contribution in [0, 0.1) is 0 Å². The normalized spacial score (nSPS) is 22.6. The van der Waals surface area contributed by atoms with E-state index in [1.807, 2.05) is 152 Å². The summed E-state index contributed by atoms with van der Waals surface area (Å²) in [6, 6.07) is 49.8. The van der Waals surface area contributed by atoms with Gasteiger partial charge < -0.3 is 28.8 Å². The molecule has 6 rings (SSSR count). The second-order valence-corrected chi connectivity index (χ2v) is 11.9. The van der Waals surface area contributed by atoms with Crippen molar-refractivity contribution in [2.45, 2.75) is 63.1 Å². The summed E-state index contributed by atoms with van der Waals surface area (Å²) in [4.78, 5) is 0. The molecule has 1 N–H and O–H groups in total. The highest BCUT2D eigenvalue weighted by molar-refractivity contribution is 5.20. The Kier molecular flexibility index (Phi) is 11.6. The van der Waals surface area contributed by atoms with Gasteiger partial charge in [-0.05, 0) is 27.8 Å². The smallest absolute Gasteiger partial charge is 0.199 e. The first-order valence-electron chi connectivity index (χ1n) is 16.2. The average Bonchev–Trinajstić information content (AvgIpc) is 3.12. The summed E-state index contributed by atoms with van der Waals surface area (Å²) >= 11 is 0. The van der Waals surface area contributed by atoms with E-state index < -0.39 is 30.2 Å². The average molecular weight is 631 g/mol. The molecule has 0 amide bonds. The lowest BCUT2D eigenvalue weighted by Crippen LogP contribution is -2.68. The van der Waals surface area contributed by atoms with Crippen LogP contribution < -0.4 is 0 Å². The van der Waals surface area contributed by atoms with Crippen LogP contribution in [0.5, 0.6) is 0 Å². The molecule has 0 aliphatic carbocycles. The van der Waals surface area contributed by atoms with Crippen LogP contribution in [-0.4, -0.2) is 41.9 Å². The minimum atomic E-state index is -1.75. The predicted octanol–water partition coefficient (Wildman–Crippen LogP) is 7.29. The van der Waals surface area contributed by atoms with E-state index in [1.54, 1.807) is 0 Å². The van der Waals surface area contributed by atoms with Crippen LogP contribution in [-0.2, 0) is 56.5 Å². The second kappa shape index (κ2) is 16.6. The van der Waals surface area contributed by atoms with E-state index in [-0.39, 0.29) is 19.6 Å². The van der Waals surface area contributed by atoms with Crippen LogP contribution in [0.2, 0.25) is 0 Å². The summed E-state index contributed by atoms with van der Waals surface area (Å²) in [5.74, 6) is -1.75. The van der Waals surface area contributed by atoms with Crippen LogP contribution in [0.25, 0.3) is 0 Å². The van der Waals surface area contributed by atoms with Gasteiger partial charge in [-0.15, -0.1) is 0 Å². The topological polar surface area (TPSA) is 66.4 Å². The van der Waals surface area contributed by atoms with Crippen LogP contribution in [0.3, 0.4) is 0 Å². The molecule has 242 valence electrons. The largest absolute Gasteiger partial charge is 0.374 e. The van der Waals surface area contributed by atoms with E-state index in [9.17, 15) is 5.11 Å². The number of hydrogen-bond acceptors (Lipinski definition) is 6. The third-order valence-electron chi connectivity index (χ3n) is 8.33. The highest BCUT2D eigenvalue weighted by Crippen LogP contribution is 2.38. The summed E-state index contributed by atoms with van der Waals surface area (Å²) < 4.78 is 33.0. The van der Waals surface area contributed by atoms with Gasteiger partial charge in [0.1, 0.15) is 24.4 Å². The molecule has 5 atom stereocenters. The van der Waals surface area contributed by atoms with Crippen molar-refractivity contribution in [3.63, 3.8) is 0 Å². The molecule has 6 nitrogen and oxygen atoms in total. The molecule has 0 saturated carbocycles. The zero-order valence-corrected chi connectivity index (χ0v) is 26.5. The minimum Gasteiger partial charge on any atom is -0.374 e. The van der Waals surface area contributed by atoms with Crippen LogP contribution >= 0.6 is 0 Å². The number of hydrogen-bond donors (Lipinski definition) is 1. The molecule has 0 spiro atoms. The van der Waals surface area contributed by atoms with E-state index in [1.165, 1.54) is 0 Å². The summed E-state index contributed by atoms with van der Waals surface area (Å²) in [6.45, 7) is 1.48. The van der Waals surface area contributed by atoms with Crippen LogP contribution in [0.4, 0.5) is 0 Å². The fourth-order valence-corrected chi connectivity index (χ4v) is 5.97. The first-order valence-corrected chi connectivity index (χ1v) is 16.2. The first kappa shape index (κ1) is 32.8. The van der Waals surface area contributed by atoms with E-state index >= 15 is 0 Å². The van der Waals surface area contributed by atoms with Gasteiger partial charge in [-0.3, -0.25) is 0 Å². The van der Waals surface area contributed by atoms with Crippen molar-refractivity contribution in [3.05, 3.63) is 179 Å². The third-order valence-corrected chi connectivity index (χ3v) is 8.33. The molecule has 1 saturated heterocycles. The molecule has 1 aliphatic rings. The molecule has 0 aromatic heterocycles. The molecule has 47 heavy (non-hydrogen) atoms. The summed E-state index contributed by atoms with van der Waals surface area (Å²) in [5, 5.41) is 12.6. The van der Waals surface area contributed by atoms with Crippen LogP contribution in [0.1, 0.15) is 27.8 Å². The van der Waals surface area contributed by atoms with Crippen molar-refractivity contribution in [3.8, 4) is 0 Å². The monoisotopic (exact) mass is 630 g/mol. The minimum absolute atomic E-state index is 0.183. The van der Waals surface area contributed by atoms with Crippen molar-refractivity contribution < 1.29 is 28.8 Å². The Hall–Kier alpha value is -4.14. The van der Waals surface area contributed by atoms with E-state index in [0.717, 1.165) is 27.8 Å². The maximum atomic E-state index is 12.6. The van der Waals surface area contributed by atoms with Crippen molar-refractivity contribution >= 4 is 0 Å². The van der Waals surface area contributed by atoms with Gasteiger partial charge in [0, 0.05) is 6.42 Å². The Balaban J connectivity index is 1.34. The summed E-state index contributed by atoms with van der Waals surface area (Å²) in [5.41, 5.74) is 4.96. The summed E-state index contributed by atoms with van der Waals surface area (Å²) in [7, 11) is 0. The zero-order valence-electron chi connectivity index (χ0n) is 26.5. The number of rotatable bonds is 15. The Bertz CT molecular complexity index is 1590. The molecule has 1 fully saturated rings. The Morgan fingerprint density at radius 3 is 1.32 bits per heavy atom. The standard InChI is InChI=1S/C41H42O6/c42-41(26-32-16-6-1-7-17-32)40(46-30-36-24-14-5-15-25-36)39(45-29-35-22-12-4-13-23-35)38(44-28-34-20-10-3-11-21-34)37(47-41)31-43-27-33-18-8-2-9-19-33/h1-25,37-40,42H,26-31H2/t37-,38+,39+,40-,41?/m1/s1. The number of benzene rings is 5. The first-order chi connectivity index (χ1) is 23.2. The molecule has 5 aromatic carbocycles. The van der Waals surface area contributed by atoms with Gasteiger partial charge in [-0.25, -0.2) is 0 Å². The highest BCUT2D eigenvalue weighted by Gasteiger charge is 2.56. The van der Waals surface area contributed by atoms with Gasteiger partial charge in [0.25, 0.3) is 0 Å². The molecule has 5 aromatic rings. The van der Waals surface area contributed by atoms with Gasteiger partial charge in [-0.1, -0.05) is 152 Å². The van der Waals surface area contributed by atoms with Crippen LogP contribution in [0.15, 0.2) is 152 Å². The fraction of sp³-hybridized carbons (Fsp3) is 0.268. The molecule has 6 heteroatoms. The zero-order chi connectivity index (χ0) is 32.2. The Morgan fingerprint density at radius 1 is 0.468 bits per heavy atom. The fourth-order valence-electron chi connectivity index (χ4n) is 5.97. The molecule has 1 unspecified atom stereocenters. The molecule has 1 heterocycles. The Morgan fingerprint density at radius 2 is 0.851 bits per heavy atom. The van der Waals surface area contributed by atoms with Crippen molar-refractivity contribution in [1.29, 1.82) is 0 Å². The lowest BCUT2D eigenvalue weighted by atomic mass is 9.88. The lowest BCUT2D eigenvalue weighted by molar-refractivity contribution is -0.370. The van der Waals surface area contributed by atoms with Crippen molar-refractivity contribution in [2.24, 2.45) is 0 Å². The quantitative estimate of drug-likeness (QED) is 0.131. The highest BCUT2D eigenvalue weighted by atomic mass is 16.7. The third kappa shape index (κ3) is 9.24. The van der Waals surface area contributed by atoms with Crippen molar-refractivity contribution in [2.75, 3.05) is 6.61 Å². The van der Waals surface area contributed by atoms with Gasteiger partial charge in [0.05, 0.1) is 33.0 Å². The predicted molar refractivity (Wildman–Crippen MR) is 181 cm³/mol. The maximum absolute atomic E-state index is 12.6. The summed E-state index contributed by atoms with van der Waals surface area (Å²) in [6.07, 6.45) is -2.67. The maximum Gasteiger partial charge on any atom is 0.199 e. The number of ether oxygens (including phenoxy) is 5. The lowest BCUT2D eigenvalue weighted by Gasteiger charge is -2.50. The van der Waals surface area contributed by atoms with E-state index in [2.05, 4.69) is 0 Å². The van der Waals surface area contributed by atoms with Gasteiger partial charge in [0.2, 0.25) is 0 Å². The molecule has 0 bridgehead atoms. The van der Waals surface area contributed by atoms with Gasteiger partial charge in [0.15, 0.2) is 5.79 Å². The SMILES string of the molecule is OC1(Cc2ccccc2)O[C@H](COCc2ccccc2)[C@H](OCc2ccccc2)[C@H](OCc2ccccc2)[C@H]1OCc1ccccc1. The van der Waals surface area contributed by atoms with Gasteiger partial charge >= 0.3 is 0 Å². The molecular weight excluding hydrogens is 588 g/mol. The van der Waals surface area contributed by atoms with Gasteiger partial charge in [-0.2, -0.15) is 0 Å². The second-order valence-electron chi connectivity index (χ2n) is 11.9. The molecule has 0 radical (unpaired) electrons. The van der Waals surface area contributed by atoms with E-state index in [4.69, 9.17) is 23.7 Å². The van der Waals surface area contributed by atoms with Crippen molar-refractivity contribution in [1.82, 2.24) is 0 Å². The Labute approximate surface area is 277 Å². The molecule has 1 aliphatic heterocycles. The number of aliphatic hydroxyl groups is 1. The van der Waals surface area contributed by atoms with E-state index in [0.29, 0.717) is 19.8 Å². The molecular formula is C41H42O6.